The van der Waals surface area contributed by atoms with Crippen LogP contribution in [0.5, 0.6) is 0 Å². The van der Waals surface area contributed by atoms with Crippen LogP contribution in [0.25, 0.3) is 0 Å². The number of piperidine rings is 6. The Labute approximate surface area is 825 Å². The van der Waals surface area contributed by atoms with Crippen LogP contribution in [0.1, 0.15) is 176 Å². The van der Waals surface area contributed by atoms with Gasteiger partial charge in [0.15, 0.2) is 0 Å². The zero-order chi connectivity index (χ0) is 95.3. The lowest BCUT2D eigenvalue weighted by Gasteiger charge is -2.41. The molecule has 29 nitrogen and oxygen atoms in total. The van der Waals surface area contributed by atoms with Gasteiger partial charge < -0.3 is 60.9 Å². The summed E-state index contributed by atoms with van der Waals surface area (Å²) in [7, 11) is -3.17. The molecule has 0 saturated carbocycles. The lowest BCUT2D eigenvalue weighted by atomic mass is 9.98. The maximum Gasteiger partial charge on any atom is 0.272 e. The first-order valence-electron chi connectivity index (χ1n) is 46.5. The lowest BCUT2D eigenvalue weighted by molar-refractivity contribution is 0.0516. The molecule has 8 fully saturated rings. The molecule has 12 heterocycles. The molecular formula is C95H122Cl8FN21O8S. The molecule has 8 saturated heterocycles. The fourth-order valence-corrected chi connectivity index (χ4v) is 21.0. The number of hydrogen-bond donors (Lipinski definition) is 7. The van der Waals surface area contributed by atoms with E-state index < -0.39 is 16.2 Å². The average molecular weight is 2020 g/mol. The molecule has 0 radical (unpaired) electrons. The van der Waals surface area contributed by atoms with Gasteiger partial charge in [0.25, 0.3) is 23.6 Å². The molecule has 2 atom stereocenters. The summed E-state index contributed by atoms with van der Waals surface area (Å²) < 4.78 is 39.1. The molecule has 4 aromatic heterocycles. The summed E-state index contributed by atoms with van der Waals surface area (Å²) >= 11 is 48.3. The van der Waals surface area contributed by atoms with E-state index in [4.69, 9.17) is 92.8 Å². The van der Waals surface area contributed by atoms with Crippen LogP contribution >= 0.6 is 92.8 Å². The van der Waals surface area contributed by atoms with Gasteiger partial charge in [0.2, 0.25) is 10.0 Å². The van der Waals surface area contributed by atoms with Crippen LogP contribution in [0.3, 0.4) is 0 Å². The summed E-state index contributed by atoms with van der Waals surface area (Å²) in [6.45, 7) is 22.4. The van der Waals surface area contributed by atoms with E-state index in [1.54, 1.807) is 24.3 Å². The highest BCUT2D eigenvalue weighted by molar-refractivity contribution is 7.88. The molecule has 7 N–H and O–H groups in total. The molecule has 4 amide bonds. The van der Waals surface area contributed by atoms with Gasteiger partial charge in [-0.3, -0.25) is 29.0 Å². The Kier molecular flexibility index (Phi) is 38.4. The minimum Gasteiger partial charge on any atom is -0.392 e. The molecule has 0 aliphatic carbocycles. The van der Waals surface area contributed by atoms with Gasteiger partial charge in [-0.25, -0.2) is 57.4 Å². The number of sulfonamides is 1. The minimum absolute atomic E-state index is 0.0143. The predicted molar refractivity (Wildman–Crippen MR) is 530 cm³/mol. The number of nitrogens with zero attached hydrogens (tertiary/aromatic N) is 16. The molecule has 39 heteroatoms. The number of hydrogen-bond acceptors (Lipinski definition) is 24. The predicted octanol–water partition coefficient (Wildman–Crippen LogP) is 15.0. The number of β-amino-alcohol motifs (C(OH)–C–C–N with tert-alkyl or cyclic N) is 2. The SMILES string of the molecule is Cc1c(NCCc2ccc(Cl)c(Cl)c2)ncnc1C(=O)N1CCC(N2CCC(F)CC2)CC1.Cc1c(NCCc2ccc(Cl)c(Cl)c2)ncnc1C(=O)N1CCC(N2CCC(NS(C)(=O)=O)CC2)CC1.Cc1c(NCCc2ccc(Cl)c(Cl)c2)ncnc1C(=O)N1CCC(N2CC[C@@H](O)C2)CC1.Cc1c(NCCc2ccc(Cl)c(Cl)c2)ncnc1C(=O)N1CCC(N2CC[C@H](O)C2)CC1. The smallest absolute Gasteiger partial charge is 0.272 e. The number of alkyl halides is 1. The molecule has 8 aliphatic heterocycles. The molecule has 134 heavy (non-hydrogen) atoms. The first-order chi connectivity index (χ1) is 64.4. The van der Waals surface area contributed by atoms with E-state index in [9.17, 15) is 42.2 Å². The van der Waals surface area contributed by atoms with E-state index in [1.165, 1.54) is 31.6 Å². The molecule has 0 unspecified atom stereocenters. The van der Waals surface area contributed by atoms with E-state index in [0.29, 0.717) is 202 Å². The third-order valence-electron chi connectivity index (χ3n) is 26.7. The number of nitrogens with one attached hydrogen (secondary N) is 5. The maximum atomic E-state index is 13.4. The second kappa shape index (κ2) is 49.7. The minimum atomic E-state index is -3.17. The van der Waals surface area contributed by atoms with E-state index in [-0.39, 0.29) is 41.9 Å². The molecule has 724 valence electrons. The van der Waals surface area contributed by atoms with Crippen molar-refractivity contribution in [1.29, 1.82) is 0 Å². The molecule has 8 aliphatic rings. The fraction of sp³-hybridized carbons (Fsp3) is 0.537. The first-order valence-corrected chi connectivity index (χ1v) is 51.4. The van der Waals surface area contributed by atoms with Crippen molar-refractivity contribution in [3.05, 3.63) is 206 Å². The summed E-state index contributed by atoms with van der Waals surface area (Å²) in [4.78, 5) is 104. The van der Waals surface area contributed by atoms with Gasteiger partial charge >= 0.3 is 0 Å². The second-order valence-electron chi connectivity index (χ2n) is 35.9. The van der Waals surface area contributed by atoms with Crippen molar-refractivity contribution in [3.63, 3.8) is 0 Å². The largest absolute Gasteiger partial charge is 0.392 e. The molecule has 0 spiro atoms. The van der Waals surface area contributed by atoms with Gasteiger partial charge in [-0.1, -0.05) is 117 Å². The van der Waals surface area contributed by atoms with Crippen LogP contribution in [0.2, 0.25) is 40.2 Å². The maximum absolute atomic E-state index is 13.4. The normalized spacial score (nSPS) is 19.1. The number of rotatable bonds is 26. The summed E-state index contributed by atoms with van der Waals surface area (Å²) in [6.07, 6.45) is 20.8. The number of aromatic nitrogens is 8. The van der Waals surface area contributed by atoms with Crippen LogP contribution in [-0.4, -0.2) is 307 Å². The summed E-state index contributed by atoms with van der Waals surface area (Å²) in [5.74, 6) is 2.45. The van der Waals surface area contributed by atoms with Crippen molar-refractivity contribution >= 4 is 150 Å². The Hall–Kier alpha value is -7.80. The Morgan fingerprint density at radius 1 is 0.343 bits per heavy atom. The fourth-order valence-electron chi connectivity index (χ4n) is 18.9. The van der Waals surface area contributed by atoms with Gasteiger partial charge in [-0.15, -0.1) is 0 Å². The van der Waals surface area contributed by atoms with E-state index in [1.807, 2.05) is 95.8 Å². The molecular weight excluding hydrogens is 1900 g/mol. The number of halogens is 9. The zero-order valence-electron chi connectivity index (χ0n) is 76.5. The highest BCUT2D eigenvalue weighted by Crippen LogP contribution is 2.34. The van der Waals surface area contributed by atoms with Gasteiger partial charge in [-0.05, 0) is 227 Å². The summed E-state index contributed by atoms with van der Waals surface area (Å²) in [5.41, 5.74) is 9.06. The number of amides is 4. The van der Waals surface area contributed by atoms with Gasteiger partial charge in [0.1, 0.15) is 77.5 Å². The van der Waals surface area contributed by atoms with E-state index in [0.717, 1.165) is 200 Å². The van der Waals surface area contributed by atoms with Gasteiger partial charge in [0.05, 0.1) is 58.6 Å². The number of carbonyl (C=O) groups excluding carboxylic acids is 4. The average Bonchev–Trinajstić information content (AvgIpc) is 1.25. The van der Waals surface area contributed by atoms with Gasteiger partial charge in [0, 0.05) is 170 Å². The third-order valence-corrected chi connectivity index (χ3v) is 30.5. The monoisotopic (exact) mass is 2020 g/mol. The molecule has 0 bridgehead atoms. The molecule has 16 rings (SSSR count). The van der Waals surface area contributed by atoms with Gasteiger partial charge in [-0.2, -0.15) is 0 Å². The lowest BCUT2D eigenvalue weighted by Crippen LogP contribution is -2.51. The zero-order valence-corrected chi connectivity index (χ0v) is 83.4. The Morgan fingerprint density at radius 3 is 0.813 bits per heavy atom. The highest BCUT2D eigenvalue weighted by Gasteiger charge is 2.38. The number of aliphatic hydroxyl groups is 2. The van der Waals surface area contributed by atoms with Crippen molar-refractivity contribution in [1.82, 2.24) is 83.8 Å². The number of aliphatic hydroxyl groups excluding tert-OH is 2. The Morgan fingerprint density at radius 2 is 0.582 bits per heavy atom. The van der Waals surface area contributed by atoms with Crippen molar-refractivity contribution < 1.29 is 42.2 Å². The topological polar surface area (TPSA) is 332 Å². The third kappa shape index (κ3) is 28.9. The standard InChI is InChI=1S/C25H34Cl2N6O3S.C24H30Cl2FN5O.2C23H29Cl2N5O2/c1-17-23(29-16-30-24(17)28-10-5-18-3-4-21(26)22(27)15-18)25(34)33-13-8-20(9-14-33)32-11-6-19(7-12-32)31-37(2,35)36;1-16-22(24(33)32-12-7-19(8-13-32)31-10-5-18(27)6-11-31)29-15-30-23(16)28-9-4-17-2-3-20(25)21(26)14-17;2*1-15-21(23(32)29-9-5-17(6-10-29)30-11-7-18(31)13-30)27-14-28-22(15)26-8-4-16-2-3-19(24)20(25)12-16/h3-4,15-16,19-20,31H,5-14H2,1-2H3,(H,28,29,30);2-3,14-15,18-19H,4-13H2,1H3,(H,28,29,30);2*2-3,12,14,17-18,31H,4-11,13H2,1H3,(H,26,27,28)/t;;2*18-/m..10/s1. The highest BCUT2D eigenvalue weighted by atomic mass is 35.5. The molecule has 8 aromatic rings. The number of benzene rings is 4. The number of carbonyl (C=O) groups is 4. The number of anilines is 4. The van der Waals surface area contributed by atoms with Crippen LogP contribution in [0.4, 0.5) is 27.7 Å². The van der Waals surface area contributed by atoms with Crippen molar-refractivity contribution in [2.45, 2.75) is 192 Å². The summed E-state index contributed by atoms with van der Waals surface area (Å²) in [5, 5.41) is 37.1. The Bertz CT molecular complexity index is 5280. The van der Waals surface area contributed by atoms with Crippen molar-refractivity contribution in [3.8, 4) is 0 Å². The van der Waals surface area contributed by atoms with Crippen molar-refractivity contribution in [2.24, 2.45) is 0 Å². The van der Waals surface area contributed by atoms with Crippen LogP contribution in [0, 0.1) is 27.7 Å². The van der Waals surface area contributed by atoms with Crippen LogP contribution < -0.4 is 26.0 Å². The molecule has 4 aromatic carbocycles. The van der Waals surface area contributed by atoms with Crippen LogP contribution in [0.15, 0.2) is 98.1 Å². The van der Waals surface area contributed by atoms with E-state index in [2.05, 4.69) is 85.5 Å². The summed E-state index contributed by atoms with van der Waals surface area (Å²) in [6, 6.07) is 24.1. The van der Waals surface area contributed by atoms with Crippen LogP contribution in [-0.2, 0) is 35.7 Å². The van der Waals surface area contributed by atoms with Crippen molar-refractivity contribution in [2.75, 3.05) is 158 Å². The number of likely N-dealkylation sites (tertiary alicyclic amines) is 8. The van der Waals surface area contributed by atoms with E-state index >= 15 is 0 Å². The Balaban J connectivity index is 0.000000152. The second-order valence-corrected chi connectivity index (χ2v) is 40.9. The quantitative estimate of drug-likeness (QED) is 0.0265. The first kappa shape index (κ1) is 104.